The van der Waals surface area contributed by atoms with E-state index in [2.05, 4.69) is 10.6 Å². The monoisotopic (exact) mass is 320 g/mol. The van der Waals surface area contributed by atoms with Crippen LogP contribution in [0.4, 0.5) is 14.5 Å². The van der Waals surface area contributed by atoms with E-state index in [4.69, 9.17) is 4.74 Å². The molecule has 0 fully saturated rings. The van der Waals surface area contributed by atoms with Crippen molar-refractivity contribution in [1.29, 1.82) is 0 Å². The summed E-state index contributed by atoms with van der Waals surface area (Å²) in [5.41, 5.74) is 1.79. The molecule has 0 aliphatic carbocycles. The smallest absolute Gasteiger partial charge is 0.221 e. The number of nitrogens with one attached hydrogen (secondary N) is 2. The average molecular weight is 320 g/mol. The first-order valence-electron chi connectivity index (χ1n) is 7.19. The van der Waals surface area contributed by atoms with Crippen molar-refractivity contribution in [1.82, 2.24) is 5.32 Å². The van der Waals surface area contributed by atoms with Crippen LogP contribution >= 0.6 is 0 Å². The van der Waals surface area contributed by atoms with E-state index in [1.54, 1.807) is 0 Å². The van der Waals surface area contributed by atoms with Crippen molar-refractivity contribution in [2.24, 2.45) is 0 Å². The van der Waals surface area contributed by atoms with Gasteiger partial charge < -0.3 is 15.4 Å². The van der Waals surface area contributed by atoms with Crippen LogP contribution in [0.25, 0.3) is 0 Å². The number of halogens is 2. The van der Waals surface area contributed by atoms with E-state index >= 15 is 0 Å². The Labute approximate surface area is 133 Å². The minimum atomic E-state index is -0.710. The van der Waals surface area contributed by atoms with Gasteiger partial charge in [0.25, 0.3) is 0 Å². The number of carbonyl (C=O) groups excluding carboxylic acids is 1. The Hall–Kier alpha value is -2.47. The highest BCUT2D eigenvalue weighted by Gasteiger charge is 2.04. The van der Waals surface area contributed by atoms with Gasteiger partial charge in [-0.15, -0.1) is 0 Å². The highest BCUT2D eigenvalue weighted by atomic mass is 19.1. The summed E-state index contributed by atoms with van der Waals surface area (Å²) < 4.78 is 31.3. The van der Waals surface area contributed by atoms with Gasteiger partial charge >= 0.3 is 0 Å². The molecule has 2 aromatic rings. The van der Waals surface area contributed by atoms with Crippen LogP contribution in [0, 0.1) is 11.6 Å². The van der Waals surface area contributed by atoms with Crippen LogP contribution in [0.1, 0.15) is 12.5 Å². The lowest BCUT2D eigenvalue weighted by atomic mass is 10.2. The summed E-state index contributed by atoms with van der Waals surface area (Å²) in [4.78, 5) is 10.9. The summed E-state index contributed by atoms with van der Waals surface area (Å²) in [6.07, 6.45) is 0. The minimum absolute atomic E-state index is 0.0351. The summed E-state index contributed by atoms with van der Waals surface area (Å²) in [6, 6.07) is 10.7. The van der Waals surface area contributed by atoms with Crippen molar-refractivity contribution < 1.29 is 18.3 Å². The summed E-state index contributed by atoms with van der Waals surface area (Å²) in [5, 5.41) is 5.85. The molecular formula is C17H18F2N2O2. The summed E-state index contributed by atoms with van der Waals surface area (Å²) in [6.45, 7) is 2.87. The molecule has 4 nitrogen and oxygen atoms in total. The van der Waals surface area contributed by atoms with Gasteiger partial charge in [-0.1, -0.05) is 12.1 Å². The van der Waals surface area contributed by atoms with Gasteiger partial charge in [0.1, 0.15) is 12.4 Å². The molecule has 0 spiro atoms. The molecule has 0 bridgehead atoms. The molecule has 0 unspecified atom stereocenters. The normalized spacial score (nSPS) is 10.4. The third-order valence-corrected chi connectivity index (χ3v) is 3.03. The molecule has 23 heavy (non-hydrogen) atoms. The van der Waals surface area contributed by atoms with Crippen molar-refractivity contribution in [3.05, 3.63) is 59.7 Å². The van der Waals surface area contributed by atoms with Crippen LogP contribution in [0.5, 0.6) is 5.75 Å². The standard InChI is InChI=1S/C17H18F2N2O2/c1-12(22)21-15-5-2-13(3-6-15)11-20-8-9-23-17-7-4-14(18)10-16(17)19/h2-7,10,20H,8-9,11H2,1H3,(H,21,22). The quantitative estimate of drug-likeness (QED) is 0.771. The number of carbonyl (C=O) groups is 1. The number of amides is 1. The average Bonchev–Trinajstić information content (AvgIpc) is 2.50. The molecule has 0 heterocycles. The van der Waals surface area contributed by atoms with E-state index in [1.165, 1.54) is 13.0 Å². The van der Waals surface area contributed by atoms with Crippen molar-refractivity contribution in [2.45, 2.75) is 13.5 Å². The van der Waals surface area contributed by atoms with Gasteiger partial charge in [-0.3, -0.25) is 4.79 Å². The predicted molar refractivity (Wildman–Crippen MR) is 84.3 cm³/mol. The Morgan fingerprint density at radius 2 is 1.87 bits per heavy atom. The topological polar surface area (TPSA) is 50.4 Å². The molecule has 2 aromatic carbocycles. The van der Waals surface area contributed by atoms with E-state index in [-0.39, 0.29) is 18.3 Å². The molecule has 0 aromatic heterocycles. The molecule has 1 amide bonds. The fourth-order valence-electron chi connectivity index (χ4n) is 1.97. The fourth-order valence-corrected chi connectivity index (χ4v) is 1.97. The van der Waals surface area contributed by atoms with Crippen LogP contribution in [-0.4, -0.2) is 19.1 Å². The van der Waals surface area contributed by atoms with Crippen molar-refractivity contribution >= 4 is 11.6 Å². The van der Waals surface area contributed by atoms with E-state index in [0.717, 1.165) is 23.4 Å². The molecule has 6 heteroatoms. The molecular weight excluding hydrogens is 302 g/mol. The molecule has 0 aliphatic rings. The second kappa shape index (κ2) is 8.24. The predicted octanol–water partition coefficient (Wildman–Crippen LogP) is 3.09. The lowest BCUT2D eigenvalue weighted by Crippen LogP contribution is -2.20. The van der Waals surface area contributed by atoms with Gasteiger partial charge in [-0.05, 0) is 29.8 Å². The number of ether oxygens (including phenoxy) is 1. The van der Waals surface area contributed by atoms with Crippen LogP contribution in [0.15, 0.2) is 42.5 Å². The molecule has 0 radical (unpaired) electrons. The van der Waals surface area contributed by atoms with E-state index in [0.29, 0.717) is 13.1 Å². The van der Waals surface area contributed by atoms with Crippen molar-refractivity contribution in [3.63, 3.8) is 0 Å². The molecule has 2 N–H and O–H groups in total. The molecule has 2 rings (SSSR count). The molecule has 0 aliphatic heterocycles. The van der Waals surface area contributed by atoms with Gasteiger partial charge in [0.2, 0.25) is 5.91 Å². The maximum Gasteiger partial charge on any atom is 0.221 e. The van der Waals surface area contributed by atoms with Crippen LogP contribution in [0.3, 0.4) is 0 Å². The zero-order valence-electron chi connectivity index (χ0n) is 12.7. The number of rotatable bonds is 7. The van der Waals surface area contributed by atoms with Crippen molar-refractivity contribution in [3.8, 4) is 5.75 Å². The second-order valence-electron chi connectivity index (χ2n) is 4.98. The molecule has 0 saturated carbocycles. The SMILES string of the molecule is CC(=O)Nc1ccc(CNCCOc2ccc(F)cc2F)cc1. The van der Waals surface area contributed by atoms with Crippen LogP contribution in [0.2, 0.25) is 0 Å². The third kappa shape index (κ3) is 5.67. The zero-order valence-corrected chi connectivity index (χ0v) is 12.7. The number of hydrogen-bond acceptors (Lipinski definition) is 3. The van der Waals surface area contributed by atoms with Crippen molar-refractivity contribution in [2.75, 3.05) is 18.5 Å². The first-order valence-corrected chi connectivity index (χ1v) is 7.19. The van der Waals surface area contributed by atoms with Gasteiger partial charge in [0.05, 0.1) is 0 Å². The molecule has 0 saturated heterocycles. The van der Waals surface area contributed by atoms with E-state index < -0.39 is 11.6 Å². The van der Waals surface area contributed by atoms with Gasteiger partial charge in [0.15, 0.2) is 11.6 Å². The summed E-state index contributed by atoms with van der Waals surface area (Å²) >= 11 is 0. The lowest BCUT2D eigenvalue weighted by Gasteiger charge is -2.09. The van der Waals surface area contributed by atoms with Gasteiger partial charge in [0, 0.05) is 31.8 Å². The fraction of sp³-hybridized carbons (Fsp3) is 0.235. The van der Waals surface area contributed by atoms with Crippen LogP contribution in [-0.2, 0) is 11.3 Å². The largest absolute Gasteiger partial charge is 0.489 e. The third-order valence-electron chi connectivity index (χ3n) is 3.03. The second-order valence-corrected chi connectivity index (χ2v) is 4.98. The minimum Gasteiger partial charge on any atom is -0.489 e. The van der Waals surface area contributed by atoms with E-state index in [1.807, 2.05) is 24.3 Å². The molecule has 122 valence electrons. The molecule has 0 atom stereocenters. The van der Waals surface area contributed by atoms with E-state index in [9.17, 15) is 13.6 Å². The number of benzene rings is 2. The van der Waals surface area contributed by atoms with Gasteiger partial charge in [-0.25, -0.2) is 8.78 Å². The Bertz CT molecular complexity index is 660. The van der Waals surface area contributed by atoms with Crippen LogP contribution < -0.4 is 15.4 Å². The van der Waals surface area contributed by atoms with Gasteiger partial charge in [-0.2, -0.15) is 0 Å². The number of hydrogen-bond donors (Lipinski definition) is 2. The first kappa shape index (κ1) is 16.9. The summed E-state index contributed by atoms with van der Waals surface area (Å²) in [7, 11) is 0. The maximum atomic E-state index is 13.3. The summed E-state index contributed by atoms with van der Waals surface area (Å²) in [5.74, 6) is -1.41. The maximum absolute atomic E-state index is 13.3. The Morgan fingerprint density at radius 3 is 2.52 bits per heavy atom. The highest BCUT2D eigenvalue weighted by molar-refractivity contribution is 5.88. The Balaban J connectivity index is 1.70. The Kier molecular flexibility index (Phi) is 6.05. The number of anilines is 1. The highest BCUT2D eigenvalue weighted by Crippen LogP contribution is 2.17. The zero-order chi connectivity index (χ0) is 16.7. The Morgan fingerprint density at radius 1 is 1.13 bits per heavy atom. The lowest BCUT2D eigenvalue weighted by molar-refractivity contribution is -0.114. The first-order chi connectivity index (χ1) is 11.0.